The van der Waals surface area contributed by atoms with Gasteiger partial charge in [0, 0.05) is 18.7 Å². The van der Waals surface area contributed by atoms with Crippen LogP contribution >= 0.6 is 0 Å². The first kappa shape index (κ1) is 19.7. The fraction of sp³-hybridized carbons (Fsp3) is 0.409. The molecule has 0 unspecified atom stereocenters. The van der Waals surface area contributed by atoms with Crippen molar-refractivity contribution in [1.29, 1.82) is 0 Å². The van der Waals surface area contributed by atoms with E-state index in [0.717, 1.165) is 27.8 Å². The molecule has 1 aromatic carbocycles. The minimum atomic E-state index is -0.987. The summed E-state index contributed by atoms with van der Waals surface area (Å²) in [5.74, 6) is -0.328. The molecule has 1 spiro atoms. The number of aliphatic hydroxyl groups is 1. The summed E-state index contributed by atoms with van der Waals surface area (Å²) in [6.45, 7) is 6.72. The molecule has 0 aliphatic carbocycles. The highest BCUT2D eigenvalue weighted by Gasteiger charge is 2.55. The molecule has 0 atom stereocenters. The third-order valence-electron chi connectivity index (χ3n) is 5.90. The minimum Gasteiger partial charge on any atom is -0.509 e. The predicted molar refractivity (Wildman–Crippen MR) is 106 cm³/mol. The molecule has 7 nitrogen and oxygen atoms in total. The summed E-state index contributed by atoms with van der Waals surface area (Å²) in [5, 5.41) is 23.7. The van der Waals surface area contributed by atoms with Gasteiger partial charge in [-0.05, 0) is 56.4 Å². The van der Waals surface area contributed by atoms with Crippen molar-refractivity contribution >= 4 is 11.5 Å². The van der Waals surface area contributed by atoms with Crippen molar-refractivity contribution in [3.63, 3.8) is 0 Å². The number of carbonyl (C=O) groups excluding carboxylic acids is 1. The zero-order valence-corrected chi connectivity index (χ0v) is 16.9. The average molecular weight is 398 g/mol. The summed E-state index contributed by atoms with van der Waals surface area (Å²) in [6.07, 6.45) is 3.86. The van der Waals surface area contributed by atoms with Crippen molar-refractivity contribution in [3.8, 4) is 0 Å². The fourth-order valence-electron chi connectivity index (χ4n) is 4.53. The van der Waals surface area contributed by atoms with Crippen molar-refractivity contribution in [2.45, 2.75) is 45.8 Å². The first-order chi connectivity index (χ1) is 13.8. The lowest BCUT2D eigenvalue weighted by atomic mass is 9.85. The summed E-state index contributed by atoms with van der Waals surface area (Å²) in [5.41, 5.74) is 3.82. The summed E-state index contributed by atoms with van der Waals surface area (Å²) >= 11 is 0. The SMILES string of the molecule is Cc1cc(C)c(C2=C(O)C3(CCN(O)CC3)N(OCc3ccoc3)C2=O)c(C)c1. The van der Waals surface area contributed by atoms with Crippen LogP contribution in [-0.4, -0.2) is 45.0 Å². The van der Waals surface area contributed by atoms with Gasteiger partial charge >= 0.3 is 0 Å². The molecule has 2 aliphatic heterocycles. The number of amides is 1. The molecule has 0 radical (unpaired) electrons. The van der Waals surface area contributed by atoms with Gasteiger partial charge in [-0.3, -0.25) is 9.63 Å². The Labute approximate surface area is 169 Å². The van der Waals surface area contributed by atoms with Crippen molar-refractivity contribution < 1.29 is 24.4 Å². The van der Waals surface area contributed by atoms with Crippen LogP contribution in [0, 0.1) is 20.8 Å². The van der Waals surface area contributed by atoms with Crippen LogP contribution in [0.5, 0.6) is 0 Å². The van der Waals surface area contributed by atoms with E-state index in [9.17, 15) is 15.1 Å². The maximum absolute atomic E-state index is 13.5. The van der Waals surface area contributed by atoms with Gasteiger partial charge < -0.3 is 14.7 Å². The number of hydrogen-bond donors (Lipinski definition) is 2. The molecular weight excluding hydrogens is 372 g/mol. The molecule has 4 rings (SSSR count). The lowest BCUT2D eigenvalue weighted by molar-refractivity contribution is -0.233. The van der Waals surface area contributed by atoms with E-state index < -0.39 is 5.54 Å². The lowest BCUT2D eigenvalue weighted by Gasteiger charge is -2.41. The van der Waals surface area contributed by atoms with Gasteiger partial charge in [0.15, 0.2) is 0 Å². The smallest absolute Gasteiger partial charge is 0.282 e. The van der Waals surface area contributed by atoms with E-state index >= 15 is 0 Å². The first-order valence-electron chi connectivity index (χ1n) is 9.78. The van der Waals surface area contributed by atoms with Crippen LogP contribution in [0.15, 0.2) is 40.9 Å². The molecule has 3 heterocycles. The Morgan fingerprint density at radius 2 is 1.83 bits per heavy atom. The van der Waals surface area contributed by atoms with E-state index in [1.165, 1.54) is 10.1 Å². The zero-order valence-electron chi connectivity index (χ0n) is 16.9. The maximum atomic E-state index is 13.5. The summed E-state index contributed by atoms with van der Waals surface area (Å²) in [4.78, 5) is 19.4. The highest BCUT2D eigenvalue weighted by atomic mass is 16.7. The molecule has 29 heavy (non-hydrogen) atoms. The van der Waals surface area contributed by atoms with Gasteiger partial charge in [0.25, 0.3) is 5.91 Å². The van der Waals surface area contributed by atoms with Crippen LogP contribution in [0.3, 0.4) is 0 Å². The molecule has 2 N–H and O–H groups in total. The molecule has 1 saturated heterocycles. The second kappa shape index (κ2) is 7.33. The number of piperidine rings is 1. The Kier molecular flexibility index (Phi) is 4.98. The molecule has 2 aromatic rings. The largest absolute Gasteiger partial charge is 0.509 e. The number of hydroxylamine groups is 4. The maximum Gasteiger partial charge on any atom is 0.282 e. The van der Waals surface area contributed by atoms with Crippen LogP contribution < -0.4 is 0 Å². The van der Waals surface area contributed by atoms with Crippen LogP contribution in [0.2, 0.25) is 0 Å². The highest BCUT2D eigenvalue weighted by Crippen LogP contribution is 2.46. The van der Waals surface area contributed by atoms with Crippen molar-refractivity contribution in [1.82, 2.24) is 10.1 Å². The van der Waals surface area contributed by atoms with Crippen molar-refractivity contribution in [2.75, 3.05) is 13.1 Å². The van der Waals surface area contributed by atoms with E-state index in [-0.39, 0.29) is 18.3 Å². The second-order valence-corrected chi connectivity index (χ2v) is 7.99. The molecule has 7 heteroatoms. The van der Waals surface area contributed by atoms with Crippen LogP contribution in [-0.2, 0) is 16.2 Å². The molecule has 0 saturated carbocycles. The number of benzene rings is 1. The summed E-state index contributed by atoms with van der Waals surface area (Å²) in [6, 6.07) is 5.79. The number of aliphatic hydroxyl groups excluding tert-OH is 1. The van der Waals surface area contributed by atoms with Crippen LogP contribution in [0.25, 0.3) is 5.57 Å². The number of furan rings is 1. The topological polar surface area (TPSA) is 86.4 Å². The zero-order chi connectivity index (χ0) is 20.8. The monoisotopic (exact) mass is 398 g/mol. The molecular formula is C22H26N2O5. The molecule has 1 amide bonds. The van der Waals surface area contributed by atoms with E-state index in [2.05, 4.69) is 0 Å². The van der Waals surface area contributed by atoms with E-state index in [1.54, 1.807) is 18.6 Å². The van der Waals surface area contributed by atoms with Gasteiger partial charge in [-0.1, -0.05) is 17.7 Å². The van der Waals surface area contributed by atoms with Gasteiger partial charge in [0.2, 0.25) is 0 Å². The predicted octanol–water partition coefficient (Wildman–Crippen LogP) is 3.67. The van der Waals surface area contributed by atoms with Crippen LogP contribution in [0.4, 0.5) is 0 Å². The normalized spacial score (nSPS) is 19.6. The number of aryl methyl sites for hydroxylation is 3. The van der Waals surface area contributed by atoms with Gasteiger partial charge in [-0.2, -0.15) is 5.06 Å². The Bertz CT molecular complexity index is 933. The average Bonchev–Trinajstić information content (AvgIpc) is 3.24. The second-order valence-electron chi connectivity index (χ2n) is 7.99. The third kappa shape index (κ3) is 3.25. The van der Waals surface area contributed by atoms with Gasteiger partial charge in [0.05, 0.1) is 18.1 Å². The summed E-state index contributed by atoms with van der Waals surface area (Å²) in [7, 11) is 0. The molecule has 2 aliphatic rings. The van der Waals surface area contributed by atoms with Gasteiger partial charge in [0.1, 0.15) is 17.9 Å². The standard InChI is InChI=1S/C22H26N2O5/c1-14-10-15(2)18(16(3)11-14)19-20(25)22(5-7-23(27)8-6-22)24(21(19)26)29-13-17-4-9-28-12-17/h4,9-12,25,27H,5-8,13H2,1-3H3. The Morgan fingerprint density at radius 3 is 2.41 bits per heavy atom. The molecule has 1 aromatic heterocycles. The van der Waals surface area contributed by atoms with E-state index in [0.29, 0.717) is 31.5 Å². The van der Waals surface area contributed by atoms with Gasteiger partial charge in [-0.15, -0.1) is 0 Å². The fourth-order valence-corrected chi connectivity index (χ4v) is 4.53. The third-order valence-corrected chi connectivity index (χ3v) is 5.90. The first-order valence-corrected chi connectivity index (χ1v) is 9.78. The Morgan fingerprint density at radius 1 is 1.17 bits per heavy atom. The number of hydrogen-bond acceptors (Lipinski definition) is 6. The van der Waals surface area contributed by atoms with Crippen molar-refractivity contribution in [2.24, 2.45) is 0 Å². The molecule has 1 fully saturated rings. The van der Waals surface area contributed by atoms with Crippen molar-refractivity contribution in [3.05, 3.63) is 64.3 Å². The van der Waals surface area contributed by atoms with Gasteiger partial charge in [-0.25, -0.2) is 5.06 Å². The summed E-state index contributed by atoms with van der Waals surface area (Å²) < 4.78 is 5.08. The molecule has 154 valence electrons. The number of carbonyl (C=O) groups is 1. The Balaban J connectivity index is 1.77. The van der Waals surface area contributed by atoms with E-state index in [1.807, 2.05) is 32.9 Å². The Hall–Kier alpha value is -2.61. The van der Waals surface area contributed by atoms with Crippen LogP contribution in [0.1, 0.15) is 40.7 Å². The minimum absolute atomic E-state index is 0.0258. The highest BCUT2D eigenvalue weighted by molar-refractivity contribution is 6.23. The quantitative estimate of drug-likeness (QED) is 0.817. The lowest BCUT2D eigenvalue weighted by Crippen LogP contribution is -2.54. The number of nitrogens with zero attached hydrogens (tertiary/aromatic N) is 2. The molecule has 0 bridgehead atoms. The van der Waals surface area contributed by atoms with E-state index in [4.69, 9.17) is 9.25 Å². The number of rotatable bonds is 4.